The van der Waals surface area contributed by atoms with Crippen LogP contribution in [0.4, 0.5) is 19.3 Å². The first-order valence-corrected chi connectivity index (χ1v) is 6.53. The molecular formula is C12H12F2N2O2S. The van der Waals surface area contributed by atoms with Crippen molar-refractivity contribution in [2.24, 2.45) is 5.92 Å². The molecule has 1 N–H and O–H groups in total. The van der Waals surface area contributed by atoms with Gasteiger partial charge < -0.3 is 0 Å². The Kier molecular flexibility index (Phi) is 4.04. The number of benzene rings is 1. The Morgan fingerprint density at radius 1 is 1.37 bits per heavy atom. The molecule has 0 bridgehead atoms. The summed E-state index contributed by atoms with van der Waals surface area (Å²) in [5, 5.41) is 2.21. The number of urea groups is 1. The molecule has 1 atom stereocenters. The quantitative estimate of drug-likeness (QED) is 0.869. The van der Waals surface area contributed by atoms with Gasteiger partial charge in [0.25, 0.3) is 5.76 Å². The van der Waals surface area contributed by atoms with Crippen LogP contribution in [-0.4, -0.2) is 24.2 Å². The summed E-state index contributed by atoms with van der Waals surface area (Å²) in [4.78, 5) is 24.8. The zero-order chi connectivity index (χ0) is 14.0. The topological polar surface area (TPSA) is 49.4 Å². The standard InChI is InChI=1S/C12H12F2N2O2S/c1-7-6-16(12(18)15-10(7)17)8-4-2-3-5-9(8)19-11(13)14/h2-5,7,11H,6H2,1H3,(H,15,17,18). The van der Waals surface area contributed by atoms with E-state index >= 15 is 0 Å². The minimum absolute atomic E-state index is 0.186. The van der Waals surface area contributed by atoms with Crippen molar-refractivity contribution < 1.29 is 18.4 Å². The van der Waals surface area contributed by atoms with E-state index in [4.69, 9.17) is 0 Å². The average molecular weight is 286 g/mol. The summed E-state index contributed by atoms with van der Waals surface area (Å²) in [6.07, 6.45) is 0. The number of anilines is 1. The van der Waals surface area contributed by atoms with Crippen LogP contribution in [0, 0.1) is 5.92 Å². The highest BCUT2D eigenvalue weighted by molar-refractivity contribution is 7.99. The van der Waals surface area contributed by atoms with Crippen LogP contribution in [0.5, 0.6) is 0 Å². The van der Waals surface area contributed by atoms with Crippen LogP contribution in [0.3, 0.4) is 0 Å². The molecule has 2 rings (SSSR count). The number of carbonyl (C=O) groups excluding carboxylic acids is 2. The fourth-order valence-electron chi connectivity index (χ4n) is 1.82. The molecule has 1 fully saturated rings. The summed E-state index contributed by atoms with van der Waals surface area (Å²) in [6, 6.07) is 5.84. The fraction of sp³-hybridized carbons (Fsp3) is 0.333. The normalized spacial score (nSPS) is 19.8. The van der Waals surface area contributed by atoms with E-state index in [9.17, 15) is 18.4 Å². The van der Waals surface area contributed by atoms with Crippen LogP contribution in [0.1, 0.15) is 6.92 Å². The number of para-hydroxylation sites is 1. The Bertz CT molecular complexity index is 510. The highest BCUT2D eigenvalue weighted by atomic mass is 32.2. The monoisotopic (exact) mass is 286 g/mol. The molecule has 1 heterocycles. The predicted molar refractivity (Wildman–Crippen MR) is 68.4 cm³/mol. The number of imide groups is 1. The summed E-state index contributed by atoms with van der Waals surface area (Å²) < 4.78 is 25.0. The van der Waals surface area contributed by atoms with Gasteiger partial charge in [0.15, 0.2) is 0 Å². The zero-order valence-corrected chi connectivity index (χ0v) is 10.9. The van der Waals surface area contributed by atoms with Gasteiger partial charge in [0.2, 0.25) is 5.91 Å². The van der Waals surface area contributed by atoms with E-state index in [1.807, 2.05) is 0 Å². The maximum atomic E-state index is 12.5. The molecule has 3 amide bonds. The van der Waals surface area contributed by atoms with Crippen LogP contribution >= 0.6 is 11.8 Å². The first-order valence-electron chi connectivity index (χ1n) is 5.65. The maximum Gasteiger partial charge on any atom is 0.328 e. The number of thioether (sulfide) groups is 1. The van der Waals surface area contributed by atoms with Gasteiger partial charge in [0.1, 0.15) is 0 Å². The van der Waals surface area contributed by atoms with Crippen molar-refractivity contribution in [3.63, 3.8) is 0 Å². The van der Waals surface area contributed by atoms with Gasteiger partial charge in [-0.25, -0.2) is 4.79 Å². The molecule has 1 aliphatic rings. The lowest BCUT2D eigenvalue weighted by molar-refractivity contribution is -0.123. The molecule has 0 radical (unpaired) electrons. The number of amides is 3. The van der Waals surface area contributed by atoms with Gasteiger partial charge in [-0.3, -0.25) is 15.0 Å². The second kappa shape index (κ2) is 5.56. The van der Waals surface area contributed by atoms with Gasteiger partial charge in [-0.05, 0) is 12.1 Å². The van der Waals surface area contributed by atoms with E-state index in [0.29, 0.717) is 22.3 Å². The first kappa shape index (κ1) is 13.8. The first-order chi connectivity index (χ1) is 8.99. The molecule has 19 heavy (non-hydrogen) atoms. The van der Waals surface area contributed by atoms with Crippen molar-refractivity contribution >= 4 is 29.4 Å². The van der Waals surface area contributed by atoms with Gasteiger partial charge in [0.05, 0.1) is 11.6 Å². The number of hydrogen-bond acceptors (Lipinski definition) is 3. The molecule has 1 saturated heterocycles. The van der Waals surface area contributed by atoms with Gasteiger partial charge in [0, 0.05) is 11.4 Å². The van der Waals surface area contributed by atoms with E-state index in [0.717, 1.165) is 0 Å². The van der Waals surface area contributed by atoms with E-state index in [-0.39, 0.29) is 18.4 Å². The molecule has 0 aromatic heterocycles. The van der Waals surface area contributed by atoms with Crippen LogP contribution in [-0.2, 0) is 4.79 Å². The van der Waals surface area contributed by atoms with Gasteiger partial charge in [-0.1, -0.05) is 30.8 Å². The van der Waals surface area contributed by atoms with Crippen molar-refractivity contribution in [1.82, 2.24) is 5.32 Å². The minimum Gasteiger partial charge on any atom is -0.292 e. The third-order valence-corrected chi connectivity index (χ3v) is 3.53. The third-order valence-electron chi connectivity index (χ3n) is 2.75. The van der Waals surface area contributed by atoms with E-state index < -0.39 is 11.8 Å². The lowest BCUT2D eigenvalue weighted by Crippen LogP contribution is -2.54. The lowest BCUT2D eigenvalue weighted by atomic mass is 10.1. The highest BCUT2D eigenvalue weighted by Gasteiger charge is 2.31. The molecule has 0 saturated carbocycles. The van der Waals surface area contributed by atoms with Crippen LogP contribution < -0.4 is 10.2 Å². The summed E-state index contributed by atoms with van der Waals surface area (Å²) in [5.74, 6) is -3.28. The van der Waals surface area contributed by atoms with E-state index in [1.165, 1.54) is 11.0 Å². The van der Waals surface area contributed by atoms with Crippen LogP contribution in [0.2, 0.25) is 0 Å². The predicted octanol–water partition coefficient (Wildman–Crippen LogP) is 2.69. The van der Waals surface area contributed by atoms with Crippen molar-refractivity contribution in [1.29, 1.82) is 0 Å². The Morgan fingerprint density at radius 2 is 2.05 bits per heavy atom. The molecule has 102 valence electrons. The Labute approximate surface area is 113 Å². The average Bonchev–Trinajstić information content (AvgIpc) is 2.34. The van der Waals surface area contributed by atoms with Crippen LogP contribution in [0.25, 0.3) is 0 Å². The lowest BCUT2D eigenvalue weighted by Gasteiger charge is -2.31. The van der Waals surface area contributed by atoms with Crippen molar-refractivity contribution in [3.05, 3.63) is 24.3 Å². The molecule has 0 aliphatic carbocycles. The Hall–Kier alpha value is -1.63. The molecule has 4 nitrogen and oxygen atoms in total. The van der Waals surface area contributed by atoms with Crippen LogP contribution in [0.15, 0.2) is 29.2 Å². The zero-order valence-electron chi connectivity index (χ0n) is 10.1. The second-order valence-electron chi connectivity index (χ2n) is 4.15. The molecule has 1 unspecified atom stereocenters. The van der Waals surface area contributed by atoms with Crippen molar-refractivity contribution in [2.45, 2.75) is 17.6 Å². The van der Waals surface area contributed by atoms with E-state index in [2.05, 4.69) is 5.32 Å². The van der Waals surface area contributed by atoms with Crippen molar-refractivity contribution in [2.75, 3.05) is 11.4 Å². The SMILES string of the molecule is CC1CN(c2ccccc2SC(F)F)C(=O)NC1=O. The molecule has 7 heteroatoms. The summed E-state index contributed by atoms with van der Waals surface area (Å²) in [7, 11) is 0. The number of nitrogens with zero attached hydrogens (tertiary/aromatic N) is 1. The minimum atomic E-state index is -2.56. The molecule has 0 spiro atoms. The number of nitrogens with one attached hydrogen (secondary N) is 1. The molecular weight excluding hydrogens is 274 g/mol. The summed E-state index contributed by atoms with van der Waals surface area (Å²) in [6.45, 7) is 1.86. The molecule has 1 aromatic carbocycles. The summed E-state index contributed by atoms with van der Waals surface area (Å²) >= 11 is 0.383. The Morgan fingerprint density at radius 3 is 2.74 bits per heavy atom. The second-order valence-corrected chi connectivity index (χ2v) is 5.18. The van der Waals surface area contributed by atoms with E-state index in [1.54, 1.807) is 25.1 Å². The number of rotatable bonds is 3. The number of halogens is 2. The highest BCUT2D eigenvalue weighted by Crippen LogP contribution is 2.34. The third kappa shape index (κ3) is 3.04. The van der Waals surface area contributed by atoms with Gasteiger partial charge in [-0.15, -0.1) is 0 Å². The fourth-order valence-corrected chi connectivity index (χ4v) is 2.47. The van der Waals surface area contributed by atoms with Gasteiger partial charge in [-0.2, -0.15) is 8.78 Å². The number of hydrogen-bond donors (Lipinski definition) is 1. The number of alkyl halides is 2. The Balaban J connectivity index is 2.30. The smallest absolute Gasteiger partial charge is 0.292 e. The largest absolute Gasteiger partial charge is 0.328 e. The van der Waals surface area contributed by atoms with Gasteiger partial charge >= 0.3 is 6.03 Å². The summed E-state index contributed by atoms with van der Waals surface area (Å²) in [5.41, 5.74) is 0.393. The number of carbonyl (C=O) groups is 2. The van der Waals surface area contributed by atoms with Crippen molar-refractivity contribution in [3.8, 4) is 0 Å². The molecule has 1 aliphatic heterocycles. The maximum absolute atomic E-state index is 12.5. The molecule has 1 aromatic rings.